The molecule has 2 saturated heterocycles. The maximum Gasteiger partial charge on any atom is 0.261 e. The predicted octanol–water partition coefficient (Wildman–Crippen LogP) is 3.63. The molecule has 0 saturated carbocycles. The van der Waals surface area contributed by atoms with Gasteiger partial charge in [0.2, 0.25) is 0 Å². The molecule has 6 nitrogen and oxygen atoms in total. The van der Waals surface area contributed by atoms with Gasteiger partial charge in [0.15, 0.2) is 6.29 Å². The molecule has 5 rings (SSSR count). The van der Waals surface area contributed by atoms with Gasteiger partial charge in [-0.2, -0.15) is 0 Å². The van der Waals surface area contributed by atoms with Gasteiger partial charge in [0.1, 0.15) is 11.5 Å². The zero-order valence-electron chi connectivity index (χ0n) is 16.6. The number of thioether (sulfide) groups is 1. The lowest BCUT2D eigenvalue weighted by Gasteiger charge is -2.46. The fourth-order valence-electron chi connectivity index (χ4n) is 4.36. The van der Waals surface area contributed by atoms with Crippen LogP contribution < -0.4 is 0 Å². The van der Waals surface area contributed by atoms with Crippen molar-refractivity contribution in [3.63, 3.8) is 0 Å². The van der Waals surface area contributed by atoms with Crippen LogP contribution >= 0.6 is 11.8 Å². The summed E-state index contributed by atoms with van der Waals surface area (Å²) in [6, 6.07) is 16.4. The van der Waals surface area contributed by atoms with Crippen LogP contribution in [0.2, 0.25) is 0 Å². The highest BCUT2D eigenvalue weighted by Crippen LogP contribution is 2.40. The Labute approximate surface area is 179 Å². The van der Waals surface area contributed by atoms with E-state index in [1.165, 1.54) is 4.90 Å². The summed E-state index contributed by atoms with van der Waals surface area (Å²) >= 11 is 1.60. The molecule has 3 aliphatic heterocycles. The molecular weight excluding hydrogens is 402 g/mol. The lowest BCUT2D eigenvalue weighted by molar-refractivity contribution is -0.286. The zero-order chi connectivity index (χ0) is 20.7. The van der Waals surface area contributed by atoms with Crippen molar-refractivity contribution in [1.82, 2.24) is 4.90 Å². The van der Waals surface area contributed by atoms with Crippen molar-refractivity contribution < 1.29 is 23.8 Å². The average Bonchev–Trinajstić information content (AvgIpc) is 3.04. The van der Waals surface area contributed by atoms with Crippen LogP contribution in [0.5, 0.6) is 0 Å². The highest BCUT2D eigenvalue weighted by molar-refractivity contribution is 7.99. The highest BCUT2D eigenvalue weighted by Gasteiger charge is 2.50. The summed E-state index contributed by atoms with van der Waals surface area (Å²) in [5, 5.41) is 0. The summed E-state index contributed by atoms with van der Waals surface area (Å²) in [6.45, 7) is 2.46. The maximum absolute atomic E-state index is 13.1. The van der Waals surface area contributed by atoms with Crippen LogP contribution in [0.25, 0.3) is 0 Å². The molecule has 5 atom stereocenters. The van der Waals surface area contributed by atoms with Gasteiger partial charge in [-0.25, -0.2) is 0 Å². The van der Waals surface area contributed by atoms with Gasteiger partial charge in [0.05, 0.1) is 29.9 Å². The second kappa shape index (κ2) is 8.15. The lowest BCUT2D eigenvalue weighted by atomic mass is 9.99. The smallest absolute Gasteiger partial charge is 0.261 e. The Bertz CT molecular complexity index is 917. The van der Waals surface area contributed by atoms with Gasteiger partial charge in [-0.05, 0) is 17.9 Å². The van der Waals surface area contributed by atoms with E-state index in [1.807, 2.05) is 37.3 Å². The van der Waals surface area contributed by atoms with E-state index in [9.17, 15) is 9.59 Å². The summed E-state index contributed by atoms with van der Waals surface area (Å²) in [5.74, 6) is 0.308. The molecule has 0 aliphatic carbocycles. The summed E-state index contributed by atoms with van der Waals surface area (Å²) < 4.78 is 18.4. The Morgan fingerprint density at radius 3 is 2.27 bits per heavy atom. The van der Waals surface area contributed by atoms with Gasteiger partial charge in [0, 0.05) is 12.0 Å². The third-order valence-electron chi connectivity index (χ3n) is 5.78. The molecule has 2 aromatic rings. The molecule has 2 amide bonds. The van der Waals surface area contributed by atoms with Crippen LogP contribution in [-0.4, -0.2) is 52.8 Å². The van der Waals surface area contributed by atoms with Crippen molar-refractivity contribution in [1.29, 1.82) is 0 Å². The molecule has 0 aromatic heterocycles. The summed E-state index contributed by atoms with van der Waals surface area (Å²) in [7, 11) is 0. The minimum atomic E-state index is -0.478. The number of hydrogen-bond donors (Lipinski definition) is 0. The van der Waals surface area contributed by atoms with Gasteiger partial charge >= 0.3 is 0 Å². The largest absolute Gasteiger partial charge is 0.357 e. The fraction of sp³-hybridized carbons (Fsp3) is 0.391. The molecular formula is C23H23NO5S. The molecule has 7 heteroatoms. The molecule has 3 heterocycles. The van der Waals surface area contributed by atoms with E-state index in [0.717, 1.165) is 11.3 Å². The molecule has 0 N–H and O–H groups in total. The second-order valence-corrected chi connectivity index (χ2v) is 8.95. The lowest BCUT2D eigenvalue weighted by Crippen LogP contribution is -2.58. The Morgan fingerprint density at radius 2 is 1.60 bits per heavy atom. The Kier molecular flexibility index (Phi) is 5.37. The van der Waals surface area contributed by atoms with E-state index in [4.69, 9.17) is 14.2 Å². The number of carbonyl (C=O) groups excluding carboxylic acids is 2. The van der Waals surface area contributed by atoms with Crippen LogP contribution in [0.3, 0.4) is 0 Å². The molecule has 0 spiro atoms. The van der Waals surface area contributed by atoms with Crippen LogP contribution in [0.1, 0.15) is 45.9 Å². The van der Waals surface area contributed by atoms with Crippen molar-refractivity contribution in [2.75, 3.05) is 12.4 Å². The van der Waals surface area contributed by atoms with E-state index in [1.54, 1.807) is 36.0 Å². The number of benzene rings is 2. The van der Waals surface area contributed by atoms with Crippen molar-refractivity contribution >= 4 is 23.6 Å². The minimum Gasteiger partial charge on any atom is -0.357 e. The topological polar surface area (TPSA) is 65.1 Å². The molecule has 0 bridgehead atoms. The first kappa shape index (κ1) is 19.8. The zero-order valence-corrected chi connectivity index (χ0v) is 17.4. The summed E-state index contributed by atoms with van der Waals surface area (Å²) in [4.78, 5) is 27.5. The number of imide groups is 1. The molecule has 2 aromatic carbocycles. The molecule has 3 aliphatic rings. The maximum atomic E-state index is 13.1. The first-order valence-electron chi connectivity index (χ1n) is 10.2. The molecule has 156 valence electrons. The van der Waals surface area contributed by atoms with Gasteiger partial charge < -0.3 is 14.2 Å². The van der Waals surface area contributed by atoms with Gasteiger partial charge in [0.25, 0.3) is 11.8 Å². The number of fused-ring (bicyclic) bond motifs is 2. The number of nitrogens with zero attached hydrogens (tertiary/aromatic N) is 1. The molecule has 30 heavy (non-hydrogen) atoms. The van der Waals surface area contributed by atoms with Gasteiger partial charge in [-0.1, -0.05) is 49.4 Å². The number of hydrogen-bond acceptors (Lipinski definition) is 6. The summed E-state index contributed by atoms with van der Waals surface area (Å²) in [6.07, 6.45) is -0.429. The van der Waals surface area contributed by atoms with Crippen LogP contribution in [0.15, 0.2) is 54.6 Å². The normalized spacial score (nSPS) is 30.8. The Balaban J connectivity index is 1.40. The number of rotatable bonds is 4. The average molecular weight is 426 g/mol. The van der Waals surface area contributed by atoms with Crippen molar-refractivity contribution in [3.8, 4) is 0 Å². The monoisotopic (exact) mass is 425 g/mol. The summed E-state index contributed by atoms with van der Waals surface area (Å²) in [5.41, 5.74) is 1.55. The van der Waals surface area contributed by atoms with E-state index in [0.29, 0.717) is 24.2 Å². The van der Waals surface area contributed by atoms with Crippen LogP contribution in [0, 0.1) is 0 Å². The van der Waals surface area contributed by atoms with Gasteiger partial charge in [-0.15, -0.1) is 11.8 Å². The first-order valence-corrected chi connectivity index (χ1v) is 11.3. The SMILES string of the molecule is CCSC1OC2COC(c3ccccc3)O[C@H]2C[C@@H]1N1C(=O)c2ccccc2C1=O. The van der Waals surface area contributed by atoms with E-state index in [2.05, 4.69) is 0 Å². The van der Waals surface area contributed by atoms with E-state index >= 15 is 0 Å². The molecule has 0 radical (unpaired) electrons. The third kappa shape index (κ3) is 3.36. The van der Waals surface area contributed by atoms with E-state index < -0.39 is 12.3 Å². The molecule has 2 fully saturated rings. The number of ether oxygens (including phenoxy) is 3. The number of carbonyl (C=O) groups is 2. The van der Waals surface area contributed by atoms with Crippen molar-refractivity contribution in [3.05, 3.63) is 71.3 Å². The number of amides is 2. The van der Waals surface area contributed by atoms with Crippen LogP contribution in [0.4, 0.5) is 0 Å². The fourth-order valence-corrected chi connectivity index (χ4v) is 5.36. The van der Waals surface area contributed by atoms with Crippen LogP contribution in [-0.2, 0) is 14.2 Å². The Hall–Kier alpha value is -2.19. The second-order valence-electron chi connectivity index (χ2n) is 7.58. The van der Waals surface area contributed by atoms with Crippen molar-refractivity contribution in [2.24, 2.45) is 0 Å². The standard InChI is InChI=1S/C23H23NO5S/c1-2-30-23-17(24-20(25)15-10-6-7-11-16(15)21(24)26)12-18-19(29-23)13-27-22(28-18)14-8-4-3-5-9-14/h3-11,17-19,22-23H,2,12-13H2,1H3/t17-,18-,19?,22?,23?/m0/s1. The van der Waals surface area contributed by atoms with E-state index in [-0.39, 0.29) is 29.5 Å². The Morgan fingerprint density at radius 1 is 0.933 bits per heavy atom. The highest BCUT2D eigenvalue weighted by atomic mass is 32.2. The predicted molar refractivity (Wildman–Crippen MR) is 112 cm³/mol. The quantitative estimate of drug-likeness (QED) is 0.697. The van der Waals surface area contributed by atoms with Gasteiger partial charge in [-0.3, -0.25) is 14.5 Å². The third-order valence-corrected chi connectivity index (χ3v) is 6.87. The molecule has 3 unspecified atom stereocenters. The first-order chi connectivity index (χ1) is 14.7. The van der Waals surface area contributed by atoms with Crippen molar-refractivity contribution in [2.45, 2.75) is 43.3 Å². The minimum absolute atomic E-state index is 0.222.